The quantitative estimate of drug-likeness (QED) is 0.516. The highest BCUT2D eigenvalue weighted by Gasteiger charge is 2.14. The second kappa shape index (κ2) is 4.87. The maximum Gasteiger partial charge on any atom is 0.226 e. The molecule has 0 aliphatic rings. The number of hydrogen-bond acceptors (Lipinski definition) is 4. The maximum absolute atomic E-state index is 13.1. The predicted octanol–water partition coefficient (Wildman–Crippen LogP) is 2.47. The summed E-state index contributed by atoms with van der Waals surface area (Å²) >= 11 is 0. The summed E-state index contributed by atoms with van der Waals surface area (Å²) in [4.78, 5) is 0. The highest BCUT2D eigenvalue weighted by atomic mass is 19.1. The molecule has 0 radical (unpaired) electrons. The van der Waals surface area contributed by atoms with Crippen LogP contribution in [0, 0.1) is 12.7 Å². The molecule has 6 heteroatoms. The van der Waals surface area contributed by atoms with Crippen molar-refractivity contribution in [3.05, 3.63) is 41.3 Å². The van der Waals surface area contributed by atoms with Gasteiger partial charge in [0.1, 0.15) is 11.6 Å². The van der Waals surface area contributed by atoms with E-state index in [1.165, 1.54) is 23.0 Å². The molecule has 94 valence electrons. The Balaban J connectivity index is 2.39. The Labute approximate surface area is 103 Å². The Morgan fingerprint density at radius 2 is 2.28 bits per heavy atom. The van der Waals surface area contributed by atoms with Gasteiger partial charge in [-0.25, -0.2) is 9.07 Å². The van der Waals surface area contributed by atoms with Crippen molar-refractivity contribution in [3.63, 3.8) is 0 Å². The van der Waals surface area contributed by atoms with E-state index in [1.807, 2.05) is 0 Å². The van der Waals surface area contributed by atoms with Crippen molar-refractivity contribution in [2.45, 2.75) is 6.92 Å². The molecule has 0 aliphatic heterocycles. The van der Waals surface area contributed by atoms with Gasteiger partial charge in [-0.1, -0.05) is 11.2 Å². The van der Waals surface area contributed by atoms with Crippen LogP contribution >= 0.6 is 0 Å². The van der Waals surface area contributed by atoms with Crippen LogP contribution in [0.5, 0.6) is 11.6 Å². The summed E-state index contributed by atoms with van der Waals surface area (Å²) in [7, 11) is 1.69. The third-order valence-electron chi connectivity index (χ3n) is 2.41. The van der Waals surface area contributed by atoms with E-state index in [2.05, 4.69) is 10.3 Å². The van der Waals surface area contributed by atoms with Crippen LogP contribution in [0.1, 0.15) is 11.3 Å². The minimum absolute atomic E-state index is 0.352. The molecule has 0 atom stereocenters. The third kappa shape index (κ3) is 2.32. The third-order valence-corrected chi connectivity index (χ3v) is 2.41. The minimum Gasteiger partial charge on any atom is -0.438 e. The van der Waals surface area contributed by atoms with Crippen molar-refractivity contribution >= 4 is 6.21 Å². The molecule has 0 saturated heterocycles. The van der Waals surface area contributed by atoms with Gasteiger partial charge in [0, 0.05) is 13.1 Å². The summed E-state index contributed by atoms with van der Waals surface area (Å²) in [6, 6.07) is 5.78. The van der Waals surface area contributed by atoms with Crippen LogP contribution in [0.3, 0.4) is 0 Å². The average molecular weight is 249 g/mol. The van der Waals surface area contributed by atoms with Crippen LogP contribution in [0.2, 0.25) is 0 Å². The van der Waals surface area contributed by atoms with Gasteiger partial charge in [0.25, 0.3) is 0 Å². The lowest BCUT2D eigenvalue weighted by molar-refractivity contribution is 0.321. The van der Waals surface area contributed by atoms with Gasteiger partial charge in [0.05, 0.1) is 17.5 Å². The van der Waals surface area contributed by atoms with Gasteiger partial charge < -0.3 is 9.94 Å². The summed E-state index contributed by atoms with van der Waals surface area (Å²) in [5.41, 5.74) is 1.20. The number of nitrogens with zero attached hydrogens (tertiary/aromatic N) is 3. The molecule has 1 aromatic carbocycles. The Morgan fingerprint density at radius 1 is 1.50 bits per heavy atom. The van der Waals surface area contributed by atoms with E-state index < -0.39 is 0 Å². The second-order valence-corrected chi connectivity index (χ2v) is 3.73. The number of aromatic nitrogens is 2. The van der Waals surface area contributed by atoms with E-state index in [0.717, 1.165) is 0 Å². The first-order chi connectivity index (χ1) is 8.61. The molecular formula is C12H12FN3O2. The lowest BCUT2D eigenvalue weighted by atomic mass is 10.3. The van der Waals surface area contributed by atoms with E-state index in [1.54, 1.807) is 26.1 Å². The molecule has 18 heavy (non-hydrogen) atoms. The summed E-state index contributed by atoms with van der Waals surface area (Å²) < 4.78 is 20.1. The Bertz CT molecular complexity index is 593. The highest BCUT2D eigenvalue weighted by molar-refractivity contribution is 5.84. The fourth-order valence-corrected chi connectivity index (χ4v) is 1.62. The van der Waals surface area contributed by atoms with Crippen molar-refractivity contribution < 1.29 is 14.3 Å². The summed E-state index contributed by atoms with van der Waals surface area (Å²) in [6.45, 7) is 1.76. The highest BCUT2D eigenvalue weighted by Crippen LogP contribution is 2.26. The number of oxime groups is 1. The molecule has 0 bridgehead atoms. The Hall–Kier alpha value is -2.37. The molecule has 0 spiro atoms. The molecule has 0 aliphatic carbocycles. The van der Waals surface area contributed by atoms with Gasteiger partial charge in [-0.05, 0) is 19.1 Å². The van der Waals surface area contributed by atoms with Crippen LogP contribution in [0.4, 0.5) is 4.39 Å². The number of ether oxygens (including phenoxy) is 1. The average Bonchev–Trinajstić information content (AvgIpc) is 2.57. The first-order valence-electron chi connectivity index (χ1n) is 5.26. The molecule has 0 amide bonds. The summed E-state index contributed by atoms with van der Waals surface area (Å²) in [6.07, 6.45) is 1.23. The van der Waals surface area contributed by atoms with Gasteiger partial charge in [-0.2, -0.15) is 5.10 Å². The summed E-state index contributed by atoms with van der Waals surface area (Å²) in [5, 5.41) is 15.7. The van der Waals surface area contributed by atoms with Crippen molar-refractivity contribution in [3.8, 4) is 11.6 Å². The Kier molecular flexibility index (Phi) is 3.27. The molecule has 1 heterocycles. The number of hydrogen-bond donors (Lipinski definition) is 1. The number of benzene rings is 1. The molecule has 0 unspecified atom stereocenters. The molecule has 0 fully saturated rings. The van der Waals surface area contributed by atoms with E-state index >= 15 is 0 Å². The zero-order chi connectivity index (χ0) is 13.1. The van der Waals surface area contributed by atoms with Crippen molar-refractivity contribution in [2.24, 2.45) is 12.2 Å². The first-order valence-corrected chi connectivity index (χ1v) is 5.26. The molecule has 0 saturated carbocycles. The molecule has 2 aromatic rings. The lowest BCUT2D eigenvalue weighted by Gasteiger charge is -2.06. The standard InChI is InChI=1S/C12H12FN3O2/c1-8-11(7-14-17)12(16(2)15-8)18-10-5-3-4-9(13)6-10/h3-7,17H,1-2H3/b14-7+. The van der Waals surface area contributed by atoms with E-state index in [4.69, 9.17) is 9.94 Å². The number of halogens is 1. The zero-order valence-electron chi connectivity index (χ0n) is 9.96. The SMILES string of the molecule is Cc1nn(C)c(Oc2cccc(F)c2)c1/C=N/O. The van der Waals surface area contributed by atoms with E-state index in [0.29, 0.717) is 22.9 Å². The smallest absolute Gasteiger partial charge is 0.226 e. The second-order valence-electron chi connectivity index (χ2n) is 3.73. The van der Waals surface area contributed by atoms with Crippen LogP contribution in [0.15, 0.2) is 29.4 Å². The van der Waals surface area contributed by atoms with E-state index in [9.17, 15) is 4.39 Å². The van der Waals surface area contributed by atoms with Crippen molar-refractivity contribution in [1.29, 1.82) is 0 Å². The lowest BCUT2D eigenvalue weighted by Crippen LogP contribution is -1.97. The maximum atomic E-state index is 13.1. The first kappa shape index (κ1) is 12.1. The molecule has 5 nitrogen and oxygen atoms in total. The van der Waals surface area contributed by atoms with Crippen molar-refractivity contribution in [1.82, 2.24) is 9.78 Å². The van der Waals surface area contributed by atoms with Crippen LogP contribution < -0.4 is 4.74 Å². The molecule has 1 aromatic heterocycles. The van der Waals surface area contributed by atoms with Gasteiger partial charge >= 0.3 is 0 Å². The number of aryl methyl sites for hydroxylation is 2. The topological polar surface area (TPSA) is 59.6 Å². The van der Waals surface area contributed by atoms with Crippen molar-refractivity contribution in [2.75, 3.05) is 0 Å². The molecular weight excluding hydrogens is 237 g/mol. The van der Waals surface area contributed by atoms with Gasteiger partial charge in [0.2, 0.25) is 5.88 Å². The predicted molar refractivity (Wildman–Crippen MR) is 63.8 cm³/mol. The monoisotopic (exact) mass is 249 g/mol. The zero-order valence-corrected chi connectivity index (χ0v) is 9.96. The minimum atomic E-state index is -0.385. The van der Waals surface area contributed by atoms with E-state index in [-0.39, 0.29) is 5.82 Å². The largest absolute Gasteiger partial charge is 0.438 e. The van der Waals surface area contributed by atoms with Crippen LogP contribution in [0.25, 0.3) is 0 Å². The Morgan fingerprint density at radius 3 is 2.94 bits per heavy atom. The molecule has 1 N–H and O–H groups in total. The van der Waals surface area contributed by atoms with Gasteiger partial charge in [0.15, 0.2) is 0 Å². The van der Waals surface area contributed by atoms with Gasteiger partial charge in [-0.15, -0.1) is 0 Å². The van der Waals surface area contributed by atoms with Crippen LogP contribution in [-0.4, -0.2) is 21.2 Å². The summed E-state index contributed by atoms with van der Waals surface area (Å²) in [5.74, 6) is 0.352. The number of rotatable bonds is 3. The normalized spacial score (nSPS) is 11.1. The molecule has 2 rings (SSSR count). The van der Waals surface area contributed by atoms with Crippen LogP contribution in [-0.2, 0) is 7.05 Å². The van der Waals surface area contributed by atoms with Gasteiger partial charge in [-0.3, -0.25) is 0 Å². The fourth-order valence-electron chi connectivity index (χ4n) is 1.62. The fraction of sp³-hybridized carbons (Fsp3) is 0.167.